The van der Waals surface area contributed by atoms with Crippen molar-refractivity contribution in [3.63, 3.8) is 0 Å². The Bertz CT molecular complexity index is 814. The molecule has 0 aromatic rings. The highest BCUT2D eigenvalue weighted by atomic mass is 16.9. The van der Waals surface area contributed by atoms with Gasteiger partial charge in [0.2, 0.25) is 5.79 Å². The summed E-state index contributed by atoms with van der Waals surface area (Å²) in [7, 11) is 0. The number of hydrogen-bond donors (Lipinski definition) is 0. The monoisotopic (exact) mass is 779 g/mol. The molecular formula is C45H94O9. The molecule has 0 saturated carbocycles. The molecular weight excluding hydrogens is 684 g/mol. The molecule has 328 valence electrons. The maximum Gasteiger partial charge on any atom is 0.346 e. The predicted molar refractivity (Wildman–Crippen MR) is 225 cm³/mol. The first-order valence-electron chi connectivity index (χ1n) is 22.6. The van der Waals surface area contributed by atoms with Gasteiger partial charge in [-0.3, -0.25) is 0 Å². The Morgan fingerprint density at radius 1 is 0.463 bits per heavy atom. The van der Waals surface area contributed by atoms with Gasteiger partial charge in [0.15, 0.2) is 0 Å². The third-order valence-corrected chi connectivity index (χ3v) is 9.64. The molecule has 0 spiro atoms. The smallest absolute Gasteiger partial charge is 0.346 e. The van der Waals surface area contributed by atoms with E-state index >= 15 is 0 Å². The minimum atomic E-state index is -1.81. The van der Waals surface area contributed by atoms with Gasteiger partial charge in [0.05, 0.1) is 50.8 Å². The quantitative estimate of drug-likeness (QED) is 0.0449. The van der Waals surface area contributed by atoms with Gasteiger partial charge in [-0.15, -0.1) is 0 Å². The third kappa shape index (κ3) is 20.9. The van der Waals surface area contributed by atoms with E-state index in [9.17, 15) is 0 Å². The van der Waals surface area contributed by atoms with Gasteiger partial charge >= 0.3 is 11.8 Å². The molecule has 9 heteroatoms. The molecule has 0 heterocycles. The summed E-state index contributed by atoms with van der Waals surface area (Å²) < 4.78 is 57.3. The van der Waals surface area contributed by atoms with Gasteiger partial charge in [-0.05, 0) is 85.0 Å². The van der Waals surface area contributed by atoms with Crippen LogP contribution in [0.1, 0.15) is 212 Å². The molecule has 0 saturated heterocycles. The van der Waals surface area contributed by atoms with E-state index in [1.165, 1.54) is 12.8 Å². The Kier molecular flexibility index (Phi) is 34.7. The summed E-state index contributed by atoms with van der Waals surface area (Å²) in [6.07, 6.45) is 17.5. The van der Waals surface area contributed by atoms with E-state index in [-0.39, 0.29) is 35.8 Å². The highest BCUT2D eigenvalue weighted by Gasteiger charge is 2.73. The first-order chi connectivity index (χ1) is 25.4. The minimum absolute atomic E-state index is 0. The van der Waals surface area contributed by atoms with Crippen LogP contribution in [-0.2, 0) is 37.9 Å². The summed E-state index contributed by atoms with van der Waals surface area (Å²) in [6, 6.07) is 0. The highest BCUT2D eigenvalue weighted by Crippen LogP contribution is 2.50. The van der Waals surface area contributed by atoms with Crippen molar-refractivity contribution in [1.29, 1.82) is 0 Å². The fourth-order valence-electron chi connectivity index (χ4n) is 6.45. The number of ether oxygens (including phenoxy) is 8. The molecule has 9 nitrogen and oxygen atoms in total. The largest absolute Gasteiger partial charge is 0.412 e. The molecule has 6 unspecified atom stereocenters. The van der Waals surface area contributed by atoms with Crippen LogP contribution in [-0.4, -0.2) is 80.5 Å². The maximum atomic E-state index is 7.40. The van der Waals surface area contributed by atoms with Gasteiger partial charge in [0.25, 0.3) is 0 Å². The second-order valence-corrected chi connectivity index (χ2v) is 16.0. The molecule has 0 aliphatic carbocycles. The molecule has 0 aromatic heterocycles. The number of rotatable bonds is 39. The van der Waals surface area contributed by atoms with E-state index in [0.29, 0.717) is 39.3 Å². The Morgan fingerprint density at radius 3 is 1.59 bits per heavy atom. The van der Waals surface area contributed by atoms with Crippen LogP contribution in [0.2, 0.25) is 0 Å². The van der Waals surface area contributed by atoms with Gasteiger partial charge in [-0.1, -0.05) is 127 Å². The number of hydrogen-bond acceptors (Lipinski definition) is 8. The Morgan fingerprint density at radius 2 is 1.04 bits per heavy atom. The molecule has 2 N–H and O–H groups in total. The van der Waals surface area contributed by atoms with E-state index in [1.807, 2.05) is 0 Å². The van der Waals surface area contributed by atoms with Crippen molar-refractivity contribution in [1.82, 2.24) is 0 Å². The van der Waals surface area contributed by atoms with Crippen LogP contribution in [0.3, 0.4) is 0 Å². The molecule has 0 fully saturated rings. The molecule has 0 aliphatic heterocycles. The average Bonchev–Trinajstić information content (AvgIpc) is 3.12. The fraction of sp³-hybridized carbons (Fsp3) is 1.00. The zero-order valence-corrected chi connectivity index (χ0v) is 38.1. The molecule has 0 aromatic carbocycles. The van der Waals surface area contributed by atoms with Gasteiger partial charge in [-0.2, -0.15) is 0 Å². The zero-order valence-electron chi connectivity index (χ0n) is 38.1. The topological polar surface area (TPSA) is 105 Å². The molecule has 0 amide bonds. The second kappa shape index (κ2) is 33.6. The summed E-state index contributed by atoms with van der Waals surface area (Å²) in [5.41, 5.74) is 0. The van der Waals surface area contributed by atoms with Crippen LogP contribution >= 0.6 is 0 Å². The Balaban J connectivity index is 0. The van der Waals surface area contributed by atoms with Crippen molar-refractivity contribution in [3.05, 3.63) is 0 Å². The molecule has 6 atom stereocenters. The first-order valence-corrected chi connectivity index (χ1v) is 22.6. The lowest BCUT2D eigenvalue weighted by Crippen LogP contribution is -2.76. The van der Waals surface area contributed by atoms with Crippen molar-refractivity contribution in [2.75, 3.05) is 33.0 Å². The van der Waals surface area contributed by atoms with Crippen LogP contribution in [0, 0.1) is 5.92 Å². The second-order valence-electron chi connectivity index (χ2n) is 16.0. The van der Waals surface area contributed by atoms with Crippen LogP contribution in [0.5, 0.6) is 0 Å². The number of unbranched alkanes of at least 4 members (excludes halogenated alkanes) is 8. The van der Waals surface area contributed by atoms with E-state index in [0.717, 1.165) is 103 Å². The van der Waals surface area contributed by atoms with E-state index < -0.39 is 17.5 Å². The van der Waals surface area contributed by atoms with Gasteiger partial charge < -0.3 is 43.4 Å². The Labute approximate surface area is 335 Å². The average molecular weight is 779 g/mol. The molecule has 0 rings (SSSR count). The molecule has 0 radical (unpaired) electrons. The lowest BCUT2D eigenvalue weighted by Gasteiger charge is -2.57. The molecule has 0 bridgehead atoms. The first kappa shape index (κ1) is 55.7. The van der Waals surface area contributed by atoms with E-state index in [2.05, 4.69) is 90.0 Å². The third-order valence-electron chi connectivity index (χ3n) is 9.64. The summed E-state index contributed by atoms with van der Waals surface area (Å²) in [5.74, 6) is -4.77. The fourth-order valence-corrected chi connectivity index (χ4v) is 6.45. The van der Waals surface area contributed by atoms with E-state index in [4.69, 9.17) is 37.9 Å². The summed E-state index contributed by atoms with van der Waals surface area (Å²) in [5, 5.41) is 0. The molecule has 54 heavy (non-hydrogen) atoms. The minimum Gasteiger partial charge on any atom is -0.412 e. The van der Waals surface area contributed by atoms with Crippen molar-refractivity contribution >= 4 is 0 Å². The maximum absolute atomic E-state index is 7.40. The van der Waals surface area contributed by atoms with Crippen molar-refractivity contribution in [2.24, 2.45) is 5.92 Å². The Hall–Kier alpha value is -0.360. The van der Waals surface area contributed by atoms with Crippen LogP contribution in [0.4, 0.5) is 0 Å². The van der Waals surface area contributed by atoms with Gasteiger partial charge in [0.1, 0.15) is 0 Å². The summed E-state index contributed by atoms with van der Waals surface area (Å²) in [6.45, 7) is 30.4. The summed E-state index contributed by atoms with van der Waals surface area (Å²) >= 11 is 0. The van der Waals surface area contributed by atoms with Crippen molar-refractivity contribution in [3.8, 4) is 0 Å². The van der Waals surface area contributed by atoms with Crippen LogP contribution in [0.15, 0.2) is 0 Å². The standard InChI is InChI=1S/C45H92O8.H2O/c1-14-21-26-30-41(13)53-45(48-35-28-23-16-3,49-36-31-42(29-19-6)46-33-27-22-15-2)44(50-37-38(8)9,52-40(12)20-7)43(32-24-17-4,51-39(10)11)47-34-25-18-5;/h38-42H,14-37H2,1-13H3;1H2. The highest BCUT2D eigenvalue weighted by molar-refractivity contribution is 5.00. The lowest BCUT2D eigenvalue weighted by atomic mass is 9.93. The van der Waals surface area contributed by atoms with Crippen LogP contribution in [0.25, 0.3) is 0 Å². The lowest BCUT2D eigenvalue weighted by molar-refractivity contribution is -0.565. The normalized spacial score (nSPS) is 17.2. The van der Waals surface area contributed by atoms with Crippen LogP contribution < -0.4 is 0 Å². The predicted octanol–water partition coefficient (Wildman–Crippen LogP) is 12.1. The zero-order chi connectivity index (χ0) is 40.0. The summed E-state index contributed by atoms with van der Waals surface area (Å²) in [4.78, 5) is 0. The van der Waals surface area contributed by atoms with E-state index in [1.54, 1.807) is 0 Å². The molecule has 0 aliphatic rings. The van der Waals surface area contributed by atoms with Crippen molar-refractivity contribution < 1.29 is 43.4 Å². The van der Waals surface area contributed by atoms with Crippen molar-refractivity contribution in [2.45, 2.75) is 254 Å². The van der Waals surface area contributed by atoms with Gasteiger partial charge in [0, 0.05) is 13.0 Å². The van der Waals surface area contributed by atoms with Gasteiger partial charge in [-0.25, -0.2) is 0 Å². The SMILES string of the molecule is CCCCCOC(CCC)CCOC(OCCCCC)(OC(C)CCCCC)C(OCC(C)C)(OC(C)CC)C(CCCC)(OCCCC)OC(C)C.O.